The molecule has 1 saturated heterocycles. The van der Waals surface area contributed by atoms with E-state index in [0.717, 1.165) is 22.3 Å². The summed E-state index contributed by atoms with van der Waals surface area (Å²) in [4.78, 5) is 27.1. The van der Waals surface area contributed by atoms with Crippen molar-refractivity contribution in [2.24, 2.45) is 0 Å². The number of benzene rings is 4. The molecule has 6 rings (SSSR count). The minimum Gasteiger partial charge on any atom is -0.371 e. The Morgan fingerprint density at radius 2 is 1.30 bits per heavy atom. The molecule has 218 valence electrons. The fourth-order valence-corrected chi connectivity index (χ4v) is 5.94. The summed E-state index contributed by atoms with van der Waals surface area (Å²) in [6.45, 7) is 0.553. The van der Waals surface area contributed by atoms with E-state index in [1.807, 2.05) is 84.9 Å². The van der Waals surface area contributed by atoms with Gasteiger partial charge in [0.25, 0.3) is 5.56 Å². The molecule has 1 aromatic heterocycles. The summed E-state index contributed by atoms with van der Waals surface area (Å²) in [6, 6.07) is 40.3. The number of hydrogen-bond donors (Lipinski definition) is 1. The zero-order valence-electron chi connectivity index (χ0n) is 23.3. The lowest BCUT2D eigenvalue weighted by molar-refractivity contribution is -0.106. The van der Waals surface area contributed by atoms with Crippen LogP contribution < -0.4 is 11.2 Å². The zero-order valence-corrected chi connectivity index (χ0v) is 24.9. The summed E-state index contributed by atoms with van der Waals surface area (Å²) in [5.41, 5.74) is 1.98. The second-order valence-electron chi connectivity index (χ2n) is 10.4. The van der Waals surface area contributed by atoms with Crippen LogP contribution >= 0.6 is 15.9 Å². The Balaban J connectivity index is 1.37. The van der Waals surface area contributed by atoms with Crippen molar-refractivity contribution in [1.29, 1.82) is 0 Å². The van der Waals surface area contributed by atoms with E-state index < -0.39 is 29.2 Å². The lowest BCUT2D eigenvalue weighted by Crippen LogP contribution is -2.38. The van der Waals surface area contributed by atoms with Gasteiger partial charge in [0.1, 0.15) is 17.9 Å². The van der Waals surface area contributed by atoms with Crippen molar-refractivity contribution >= 4 is 15.9 Å². The van der Waals surface area contributed by atoms with E-state index in [4.69, 9.17) is 14.2 Å². The van der Waals surface area contributed by atoms with Crippen LogP contribution in [0.4, 0.5) is 0 Å². The van der Waals surface area contributed by atoms with Gasteiger partial charge in [0.2, 0.25) is 0 Å². The maximum atomic E-state index is 12.8. The molecular weight excluding hydrogens is 608 g/mol. The van der Waals surface area contributed by atoms with Gasteiger partial charge in [-0.25, -0.2) is 4.79 Å². The van der Waals surface area contributed by atoms with E-state index in [0.29, 0.717) is 13.0 Å². The average molecular weight is 640 g/mol. The minimum atomic E-state index is -0.937. The quantitative estimate of drug-likeness (QED) is 0.185. The van der Waals surface area contributed by atoms with Gasteiger partial charge >= 0.3 is 5.69 Å². The van der Waals surface area contributed by atoms with Gasteiger partial charge in [-0.1, -0.05) is 121 Å². The van der Waals surface area contributed by atoms with Crippen LogP contribution in [0.2, 0.25) is 0 Å². The van der Waals surface area contributed by atoms with Crippen molar-refractivity contribution < 1.29 is 14.2 Å². The fourth-order valence-electron chi connectivity index (χ4n) is 5.62. The highest BCUT2D eigenvalue weighted by atomic mass is 79.9. The molecule has 0 bridgehead atoms. The number of H-pyrrole nitrogens is 1. The highest BCUT2D eigenvalue weighted by Crippen LogP contribution is 2.42. The van der Waals surface area contributed by atoms with Gasteiger partial charge in [-0.15, -0.1) is 0 Å². The lowest BCUT2D eigenvalue weighted by atomic mass is 9.80. The van der Waals surface area contributed by atoms with Gasteiger partial charge in [0.05, 0.1) is 23.8 Å². The number of aromatic amines is 1. The molecule has 2 heterocycles. The second-order valence-corrected chi connectivity index (χ2v) is 11.3. The molecule has 43 heavy (non-hydrogen) atoms. The summed E-state index contributed by atoms with van der Waals surface area (Å²) in [6.07, 6.45) is 0.305. The Morgan fingerprint density at radius 3 is 1.84 bits per heavy atom. The molecule has 8 heteroatoms. The van der Waals surface area contributed by atoms with Crippen molar-refractivity contribution in [2.45, 2.75) is 37.1 Å². The van der Waals surface area contributed by atoms with E-state index in [1.54, 1.807) is 0 Å². The maximum absolute atomic E-state index is 12.8. The first kappa shape index (κ1) is 29.0. The van der Waals surface area contributed by atoms with Gasteiger partial charge in [0, 0.05) is 12.6 Å². The first-order valence-corrected chi connectivity index (χ1v) is 15.0. The number of hydrogen-bond acceptors (Lipinski definition) is 5. The van der Waals surface area contributed by atoms with Crippen LogP contribution in [-0.2, 0) is 26.4 Å². The Hall–Kier alpha value is -4.08. The van der Waals surface area contributed by atoms with Crippen LogP contribution in [-0.4, -0.2) is 28.4 Å². The Kier molecular flexibility index (Phi) is 8.81. The molecule has 3 atom stereocenters. The van der Waals surface area contributed by atoms with Gasteiger partial charge < -0.3 is 14.2 Å². The predicted molar refractivity (Wildman–Crippen MR) is 168 cm³/mol. The van der Waals surface area contributed by atoms with E-state index >= 15 is 0 Å². The summed E-state index contributed by atoms with van der Waals surface area (Å²) in [7, 11) is 0. The van der Waals surface area contributed by atoms with Crippen LogP contribution in [0, 0.1) is 0 Å². The van der Waals surface area contributed by atoms with E-state index in [-0.39, 0.29) is 17.2 Å². The van der Waals surface area contributed by atoms with Crippen molar-refractivity contribution in [3.05, 3.63) is 175 Å². The standard InChI is InChI=1S/C35H31BrN2O5/c36-29-22-38(34(40)37-33(29)39)32-21-30(41-23-25-13-5-1-6-14-25)31(43-32)24-42-35(26-15-7-2-8-16-26,27-17-9-3-10-18-27)28-19-11-4-12-20-28/h1-20,22,30-32H,21,23-24H2,(H,37,39,40)/t30-,31+,32+/m0/s1. The number of nitrogens with zero attached hydrogens (tertiary/aromatic N) is 1. The molecule has 0 aliphatic carbocycles. The molecule has 0 unspecified atom stereocenters. The van der Waals surface area contributed by atoms with Crippen molar-refractivity contribution in [2.75, 3.05) is 6.61 Å². The summed E-state index contributed by atoms with van der Waals surface area (Å²) in [5, 5.41) is 0. The lowest BCUT2D eigenvalue weighted by Gasteiger charge is -2.37. The summed E-state index contributed by atoms with van der Waals surface area (Å²) < 4.78 is 21.6. The van der Waals surface area contributed by atoms with Gasteiger partial charge in [-0.3, -0.25) is 14.3 Å². The molecule has 0 saturated carbocycles. The van der Waals surface area contributed by atoms with E-state index in [2.05, 4.69) is 57.3 Å². The number of nitrogens with one attached hydrogen (secondary N) is 1. The molecule has 7 nitrogen and oxygen atoms in total. The highest BCUT2D eigenvalue weighted by molar-refractivity contribution is 9.10. The summed E-state index contributed by atoms with van der Waals surface area (Å²) in [5.74, 6) is 0. The van der Waals surface area contributed by atoms with Gasteiger partial charge in [0.15, 0.2) is 0 Å². The minimum absolute atomic E-state index is 0.175. The topological polar surface area (TPSA) is 82.6 Å². The first-order chi connectivity index (χ1) is 21.0. The molecule has 0 amide bonds. The molecule has 5 aromatic rings. The largest absolute Gasteiger partial charge is 0.371 e. The van der Waals surface area contributed by atoms with E-state index in [9.17, 15) is 9.59 Å². The van der Waals surface area contributed by atoms with Crippen molar-refractivity contribution in [3.63, 3.8) is 0 Å². The molecule has 1 fully saturated rings. The van der Waals surface area contributed by atoms with Gasteiger partial charge in [-0.2, -0.15) is 0 Å². The van der Waals surface area contributed by atoms with Crippen molar-refractivity contribution in [3.8, 4) is 0 Å². The average Bonchev–Trinajstić information content (AvgIpc) is 3.47. The molecule has 0 spiro atoms. The highest BCUT2D eigenvalue weighted by Gasteiger charge is 2.43. The van der Waals surface area contributed by atoms with Crippen LogP contribution in [0.15, 0.2) is 142 Å². The van der Waals surface area contributed by atoms with Gasteiger partial charge in [-0.05, 0) is 38.2 Å². The third-order valence-corrected chi connectivity index (χ3v) is 8.29. The normalized spacial score (nSPS) is 18.5. The van der Waals surface area contributed by atoms with Crippen molar-refractivity contribution in [1.82, 2.24) is 9.55 Å². The maximum Gasteiger partial charge on any atom is 0.330 e. The summed E-state index contributed by atoms with van der Waals surface area (Å²) >= 11 is 3.24. The number of aromatic nitrogens is 2. The van der Waals surface area contributed by atoms with Crippen LogP contribution in [0.25, 0.3) is 0 Å². The molecular formula is C35H31BrN2O5. The second kappa shape index (κ2) is 13.1. The smallest absolute Gasteiger partial charge is 0.330 e. The Labute approximate surface area is 257 Å². The number of ether oxygens (including phenoxy) is 3. The fraction of sp³-hybridized carbons (Fsp3) is 0.200. The zero-order chi connectivity index (χ0) is 29.6. The van der Waals surface area contributed by atoms with Crippen LogP contribution in [0.1, 0.15) is 34.9 Å². The molecule has 0 radical (unpaired) electrons. The monoisotopic (exact) mass is 638 g/mol. The van der Waals surface area contributed by atoms with Crippen LogP contribution in [0.5, 0.6) is 0 Å². The van der Waals surface area contributed by atoms with Crippen LogP contribution in [0.3, 0.4) is 0 Å². The molecule has 1 aliphatic heterocycles. The third-order valence-electron chi connectivity index (χ3n) is 7.73. The molecule has 1 N–H and O–H groups in total. The van der Waals surface area contributed by atoms with E-state index in [1.165, 1.54) is 10.8 Å². The predicted octanol–water partition coefficient (Wildman–Crippen LogP) is 6.18. The first-order valence-electron chi connectivity index (χ1n) is 14.2. The third kappa shape index (κ3) is 6.19. The Bertz CT molecular complexity index is 1650. The Morgan fingerprint density at radius 1 is 0.791 bits per heavy atom. The molecule has 4 aromatic carbocycles. The number of rotatable bonds is 10. The number of halogens is 1. The SMILES string of the molecule is O=c1[nH]c(=O)n([C@H]2C[C@H](OCc3ccccc3)[C@@H](COC(c3ccccc3)(c3ccccc3)c3ccccc3)O2)cc1Br. The molecule has 1 aliphatic rings.